The molecule has 0 radical (unpaired) electrons. The zero-order valence-electron chi connectivity index (χ0n) is 11.1. The van der Waals surface area contributed by atoms with E-state index < -0.39 is 18.1 Å². The largest absolute Gasteiger partial charge is 0.464 e. The van der Waals surface area contributed by atoms with Crippen molar-refractivity contribution in [2.45, 2.75) is 19.1 Å². The van der Waals surface area contributed by atoms with Crippen LogP contribution in [0, 0.1) is 0 Å². The molecule has 112 valence electrons. The first kappa shape index (κ1) is 15.8. The van der Waals surface area contributed by atoms with Crippen molar-refractivity contribution in [3.05, 3.63) is 46.5 Å². The summed E-state index contributed by atoms with van der Waals surface area (Å²) in [5.41, 5.74) is 0.356. The molecule has 1 aromatic carbocycles. The van der Waals surface area contributed by atoms with Crippen LogP contribution in [0.5, 0.6) is 0 Å². The second kappa shape index (κ2) is 6.89. The van der Waals surface area contributed by atoms with Gasteiger partial charge in [-0.1, -0.05) is 29.3 Å². The van der Waals surface area contributed by atoms with Gasteiger partial charge in [0.2, 0.25) is 0 Å². The highest BCUT2D eigenvalue weighted by Gasteiger charge is 2.33. The van der Waals surface area contributed by atoms with Crippen LogP contribution in [0.15, 0.2) is 30.9 Å². The third-order valence-corrected chi connectivity index (χ3v) is 3.39. The third kappa shape index (κ3) is 3.53. The highest BCUT2D eigenvalue weighted by atomic mass is 35.5. The molecule has 1 aromatic heterocycles. The first-order chi connectivity index (χ1) is 10.0. The van der Waals surface area contributed by atoms with Crippen LogP contribution in [0.4, 0.5) is 0 Å². The van der Waals surface area contributed by atoms with E-state index in [1.165, 1.54) is 23.4 Å². The summed E-state index contributed by atoms with van der Waals surface area (Å²) in [5.74, 6) is -0.624. The van der Waals surface area contributed by atoms with Crippen molar-refractivity contribution in [3.63, 3.8) is 0 Å². The van der Waals surface area contributed by atoms with Gasteiger partial charge >= 0.3 is 5.97 Å². The zero-order chi connectivity index (χ0) is 15.4. The van der Waals surface area contributed by atoms with Gasteiger partial charge in [0.15, 0.2) is 6.04 Å². The molecule has 2 unspecified atom stereocenters. The molecule has 8 heteroatoms. The molecule has 21 heavy (non-hydrogen) atoms. The predicted molar refractivity (Wildman–Crippen MR) is 77.1 cm³/mol. The number of rotatable bonds is 5. The Hall–Kier alpha value is -1.63. The van der Waals surface area contributed by atoms with E-state index in [2.05, 4.69) is 10.1 Å². The molecule has 0 spiro atoms. The number of benzene rings is 1. The average Bonchev–Trinajstić information content (AvgIpc) is 2.92. The van der Waals surface area contributed by atoms with Crippen LogP contribution < -0.4 is 0 Å². The normalized spacial score (nSPS) is 13.7. The van der Waals surface area contributed by atoms with Crippen LogP contribution >= 0.6 is 23.2 Å². The van der Waals surface area contributed by atoms with Crippen molar-refractivity contribution < 1.29 is 14.6 Å². The lowest BCUT2D eigenvalue weighted by molar-refractivity contribution is -0.151. The second-order valence-corrected chi connectivity index (χ2v) is 5.03. The number of carbonyl (C=O) groups is 1. The quantitative estimate of drug-likeness (QED) is 0.852. The predicted octanol–water partition coefficient (Wildman–Crippen LogP) is 2.42. The summed E-state index contributed by atoms with van der Waals surface area (Å²) >= 11 is 11.9. The zero-order valence-corrected chi connectivity index (χ0v) is 12.6. The summed E-state index contributed by atoms with van der Waals surface area (Å²) in [7, 11) is 0. The molecule has 0 amide bonds. The van der Waals surface area contributed by atoms with E-state index in [9.17, 15) is 9.90 Å². The molecule has 0 bridgehead atoms. The van der Waals surface area contributed by atoms with Crippen molar-refractivity contribution >= 4 is 29.2 Å². The maximum atomic E-state index is 12.1. The Kier molecular flexibility index (Phi) is 5.17. The molecule has 0 aliphatic heterocycles. The van der Waals surface area contributed by atoms with Crippen molar-refractivity contribution in [3.8, 4) is 0 Å². The van der Waals surface area contributed by atoms with Crippen molar-refractivity contribution in [2.24, 2.45) is 0 Å². The molecule has 1 heterocycles. The van der Waals surface area contributed by atoms with E-state index in [0.717, 1.165) is 0 Å². The molecular formula is C13H13Cl2N3O3. The van der Waals surface area contributed by atoms with Gasteiger partial charge in [-0.05, 0) is 19.1 Å². The molecule has 0 fully saturated rings. The Labute approximate surface area is 131 Å². The maximum Gasteiger partial charge on any atom is 0.334 e. The molecule has 2 rings (SSSR count). The van der Waals surface area contributed by atoms with Crippen molar-refractivity contribution in [2.75, 3.05) is 6.61 Å². The van der Waals surface area contributed by atoms with Gasteiger partial charge in [-0.2, -0.15) is 5.10 Å². The third-order valence-electron chi connectivity index (χ3n) is 2.83. The van der Waals surface area contributed by atoms with Crippen LogP contribution in [0.3, 0.4) is 0 Å². The maximum absolute atomic E-state index is 12.1. The van der Waals surface area contributed by atoms with Crippen LogP contribution in [0.2, 0.25) is 10.0 Å². The Morgan fingerprint density at radius 2 is 2.24 bits per heavy atom. The molecule has 0 saturated heterocycles. The van der Waals surface area contributed by atoms with Crippen molar-refractivity contribution in [1.82, 2.24) is 14.8 Å². The van der Waals surface area contributed by atoms with Gasteiger partial charge in [0, 0.05) is 15.6 Å². The summed E-state index contributed by atoms with van der Waals surface area (Å²) in [5, 5.41) is 15.1. The van der Waals surface area contributed by atoms with E-state index in [-0.39, 0.29) is 11.6 Å². The number of aromatic nitrogens is 3. The minimum absolute atomic E-state index is 0.186. The summed E-state index contributed by atoms with van der Waals surface area (Å²) in [6.45, 7) is 1.86. The van der Waals surface area contributed by atoms with Gasteiger partial charge in [-0.25, -0.2) is 14.5 Å². The molecule has 6 nitrogen and oxygen atoms in total. The lowest BCUT2D eigenvalue weighted by atomic mass is 10.0. The Balaban J connectivity index is 2.38. The number of nitrogens with zero attached hydrogens (tertiary/aromatic N) is 3. The van der Waals surface area contributed by atoms with Crippen LogP contribution in [-0.2, 0) is 9.53 Å². The Bertz CT molecular complexity index is 619. The van der Waals surface area contributed by atoms with Gasteiger partial charge in [0.25, 0.3) is 0 Å². The first-order valence-electron chi connectivity index (χ1n) is 6.18. The fourth-order valence-corrected chi connectivity index (χ4v) is 2.40. The number of esters is 1. The molecule has 1 N–H and O–H groups in total. The fraction of sp³-hybridized carbons (Fsp3) is 0.308. The van der Waals surface area contributed by atoms with Gasteiger partial charge in [-0.15, -0.1) is 0 Å². The standard InChI is InChI=1S/C13H13Cl2N3O3/c1-2-21-13(20)11(18-7-16-6-17-18)12(19)9-4-3-8(14)5-10(9)15/h3-7,11-12,19H,2H2,1H3. The summed E-state index contributed by atoms with van der Waals surface area (Å²) in [6.07, 6.45) is 1.35. The van der Waals surface area contributed by atoms with E-state index in [4.69, 9.17) is 27.9 Å². The number of hydrogen-bond acceptors (Lipinski definition) is 5. The first-order valence-corrected chi connectivity index (χ1v) is 6.94. The number of aliphatic hydroxyl groups is 1. The van der Waals surface area contributed by atoms with Gasteiger partial charge in [0.05, 0.1) is 6.61 Å². The number of halogens is 2. The van der Waals surface area contributed by atoms with Crippen LogP contribution in [0.1, 0.15) is 24.6 Å². The summed E-state index contributed by atoms with van der Waals surface area (Å²) in [6, 6.07) is 3.55. The summed E-state index contributed by atoms with van der Waals surface area (Å²) < 4.78 is 6.21. The second-order valence-electron chi connectivity index (χ2n) is 4.18. The molecule has 2 atom stereocenters. The van der Waals surface area contributed by atoms with Gasteiger partial charge < -0.3 is 9.84 Å². The molecular weight excluding hydrogens is 317 g/mol. The number of aliphatic hydroxyl groups excluding tert-OH is 1. The number of ether oxygens (including phenoxy) is 1. The van der Waals surface area contributed by atoms with Crippen LogP contribution in [0.25, 0.3) is 0 Å². The van der Waals surface area contributed by atoms with Gasteiger partial charge in [0.1, 0.15) is 18.8 Å². The lowest BCUT2D eigenvalue weighted by Gasteiger charge is -2.22. The Morgan fingerprint density at radius 1 is 1.48 bits per heavy atom. The topological polar surface area (TPSA) is 77.2 Å². The Morgan fingerprint density at radius 3 is 2.81 bits per heavy atom. The monoisotopic (exact) mass is 329 g/mol. The fourth-order valence-electron chi connectivity index (χ4n) is 1.88. The molecule has 2 aromatic rings. The lowest BCUT2D eigenvalue weighted by Crippen LogP contribution is -2.28. The molecule has 0 saturated carbocycles. The minimum atomic E-state index is -1.24. The smallest absolute Gasteiger partial charge is 0.334 e. The number of hydrogen-bond donors (Lipinski definition) is 1. The minimum Gasteiger partial charge on any atom is -0.464 e. The highest BCUT2D eigenvalue weighted by Crippen LogP contribution is 2.33. The van der Waals surface area contributed by atoms with E-state index >= 15 is 0 Å². The number of carbonyl (C=O) groups excluding carboxylic acids is 1. The molecule has 0 aliphatic rings. The highest BCUT2D eigenvalue weighted by molar-refractivity contribution is 6.35. The summed E-state index contributed by atoms with van der Waals surface area (Å²) in [4.78, 5) is 15.9. The van der Waals surface area contributed by atoms with E-state index in [1.807, 2.05) is 0 Å². The van der Waals surface area contributed by atoms with E-state index in [1.54, 1.807) is 19.1 Å². The SMILES string of the molecule is CCOC(=O)C(C(O)c1ccc(Cl)cc1Cl)n1cncn1. The van der Waals surface area contributed by atoms with Gasteiger partial charge in [-0.3, -0.25) is 0 Å². The van der Waals surface area contributed by atoms with Crippen molar-refractivity contribution in [1.29, 1.82) is 0 Å². The molecule has 0 aliphatic carbocycles. The van der Waals surface area contributed by atoms with Crippen LogP contribution in [-0.4, -0.2) is 32.4 Å². The average molecular weight is 330 g/mol. The van der Waals surface area contributed by atoms with E-state index in [0.29, 0.717) is 10.6 Å².